The second-order valence-electron chi connectivity index (χ2n) is 4.99. The molecule has 0 aromatic heterocycles. The zero-order valence-corrected chi connectivity index (χ0v) is 12.9. The Morgan fingerprint density at radius 3 is 2.80 bits per heavy atom. The molecule has 0 amide bonds. The van der Waals surface area contributed by atoms with Crippen molar-refractivity contribution in [3.63, 3.8) is 0 Å². The van der Waals surface area contributed by atoms with Gasteiger partial charge in [-0.15, -0.1) is 0 Å². The summed E-state index contributed by atoms with van der Waals surface area (Å²) < 4.78 is 6.52. The van der Waals surface area contributed by atoms with E-state index in [0.29, 0.717) is 12.6 Å². The van der Waals surface area contributed by atoms with Crippen LogP contribution >= 0.6 is 15.9 Å². The normalized spacial score (nSPS) is 15.7. The van der Waals surface area contributed by atoms with Crippen molar-refractivity contribution < 1.29 is 9.66 Å². The maximum absolute atomic E-state index is 10.6. The first-order valence-corrected chi connectivity index (χ1v) is 7.71. The number of rotatable bonds is 7. The first-order chi connectivity index (χ1) is 9.66. The summed E-state index contributed by atoms with van der Waals surface area (Å²) in [5.74, 6) is 0. The predicted molar refractivity (Wildman–Crippen MR) is 80.7 cm³/mol. The topological polar surface area (TPSA) is 64.4 Å². The molecule has 1 aliphatic rings. The molecule has 1 aliphatic carbocycles. The van der Waals surface area contributed by atoms with E-state index in [1.165, 1.54) is 37.8 Å². The van der Waals surface area contributed by atoms with E-state index >= 15 is 0 Å². The van der Waals surface area contributed by atoms with Gasteiger partial charge in [-0.3, -0.25) is 10.1 Å². The minimum Gasteiger partial charge on any atom is -0.377 e. The lowest BCUT2D eigenvalue weighted by atomic mass is 10.2. The lowest BCUT2D eigenvalue weighted by Gasteiger charge is -2.11. The van der Waals surface area contributed by atoms with Gasteiger partial charge in [0.05, 0.1) is 17.6 Å². The molecule has 0 spiro atoms. The monoisotopic (exact) mass is 342 g/mol. The Balaban J connectivity index is 1.69. The van der Waals surface area contributed by atoms with E-state index in [-0.39, 0.29) is 5.69 Å². The van der Waals surface area contributed by atoms with E-state index in [1.807, 2.05) is 0 Å². The smallest absolute Gasteiger partial charge is 0.270 e. The fraction of sp³-hybridized carbons (Fsp3) is 0.571. The summed E-state index contributed by atoms with van der Waals surface area (Å²) in [6, 6.07) is 4.83. The van der Waals surface area contributed by atoms with Crippen LogP contribution in [0.4, 0.5) is 5.69 Å². The van der Waals surface area contributed by atoms with Gasteiger partial charge in [-0.05, 0) is 24.5 Å². The molecule has 0 bridgehead atoms. The van der Waals surface area contributed by atoms with E-state index in [1.54, 1.807) is 6.07 Å². The predicted octanol–water partition coefficient (Wildman–Crippen LogP) is 3.41. The molecule has 1 saturated carbocycles. The Bertz CT molecular complexity index is 462. The summed E-state index contributed by atoms with van der Waals surface area (Å²) in [5.41, 5.74) is 1.11. The molecule has 1 aromatic carbocycles. The van der Waals surface area contributed by atoms with Crippen molar-refractivity contribution in [2.45, 2.75) is 38.3 Å². The summed E-state index contributed by atoms with van der Waals surface area (Å²) >= 11 is 3.36. The highest BCUT2D eigenvalue weighted by Crippen LogP contribution is 2.23. The summed E-state index contributed by atoms with van der Waals surface area (Å²) in [5, 5.41) is 13.9. The number of nitrogens with one attached hydrogen (secondary N) is 1. The highest BCUT2D eigenvalue weighted by molar-refractivity contribution is 9.10. The molecule has 1 aromatic rings. The number of benzene rings is 1. The van der Waals surface area contributed by atoms with Crippen molar-refractivity contribution in [2.75, 3.05) is 13.2 Å². The molecule has 2 rings (SSSR count). The summed E-state index contributed by atoms with van der Waals surface area (Å²) in [7, 11) is 0. The van der Waals surface area contributed by atoms with Gasteiger partial charge in [0.2, 0.25) is 0 Å². The van der Waals surface area contributed by atoms with Gasteiger partial charge >= 0.3 is 0 Å². The third-order valence-corrected chi connectivity index (χ3v) is 4.24. The number of nitro groups is 1. The second kappa shape index (κ2) is 7.71. The Kier molecular flexibility index (Phi) is 5.94. The molecular weight excluding hydrogens is 324 g/mol. The molecular formula is C14H19BrN2O3. The molecule has 5 nitrogen and oxygen atoms in total. The van der Waals surface area contributed by atoms with Crippen LogP contribution in [0.2, 0.25) is 0 Å². The molecule has 20 heavy (non-hydrogen) atoms. The van der Waals surface area contributed by atoms with Gasteiger partial charge in [0, 0.05) is 29.7 Å². The minimum absolute atomic E-state index is 0.102. The van der Waals surface area contributed by atoms with Gasteiger partial charge in [-0.25, -0.2) is 0 Å². The van der Waals surface area contributed by atoms with Crippen LogP contribution in [0, 0.1) is 10.1 Å². The SMILES string of the molecule is O=[N+]([O-])c1ccc(CNCCOC2CCCC2)c(Br)c1. The molecule has 0 aliphatic heterocycles. The fourth-order valence-corrected chi connectivity index (χ4v) is 2.88. The van der Waals surface area contributed by atoms with Crippen molar-refractivity contribution in [1.29, 1.82) is 0 Å². The summed E-state index contributed by atoms with van der Waals surface area (Å²) in [6.45, 7) is 2.18. The van der Waals surface area contributed by atoms with Crippen LogP contribution in [0.5, 0.6) is 0 Å². The van der Waals surface area contributed by atoms with Crippen LogP contribution in [0.3, 0.4) is 0 Å². The third kappa shape index (κ3) is 4.54. The Morgan fingerprint density at radius 1 is 1.40 bits per heavy atom. The third-order valence-electron chi connectivity index (χ3n) is 3.50. The van der Waals surface area contributed by atoms with Crippen LogP contribution in [0.25, 0.3) is 0 Å². The lowest BCUT2D eigenvalue weighted by molar-refractivity contribution is -0.384. The second-order valence-corrected chi connectivity index (χ2v) is 5.84. The number of hydrogen-bond donors (Lipinski definition) is 1. The van der Waals surface area contributed by atoms with E-state index in [4.69, 9.17) is 4.74 Å². The molecule has 0 atom stereocenters. The highest BCUT2D eigenvalue weighted by Gasteiger charge is 2.14. The van der Waals surface area contributed by atoms with E-state index in [2.05, 4.69) is 21.2 Å². The van der Waals surface area contributed by atoms with Crippen molar-refractivity contribution in [1.82, 2.24) is 5.32 Å². The lowest BCUT2D eigenvalue weighted by Crippen LogP contribution is -2.22. The van der Waals surface area contributed by atoms with Crippen LogP contribution in [-0.4, -0.2) is 24.2 Å². The van der Waals surface area contributed by atoms with Crippen LogP contribution in [0.1, 0.15) is 31.2 Å². The Hall–Kier alpha value is -0.980. The first kappa shape index (κ1) is 15.4. The number of hydrogen-bond acceptors (Lipinski definition) is 4. The van der Waals surface area contributed by atoms with E-state index in [9.17, 15) is 10.1 Å². The highest BCUT2D eigenvalue weighted by atomic mass is 79.9. The number of ether oxygens (including phenoxy) is 1. The van der Waals surface area contributed by atoms with Crippen molar-refractivity contribution in [3.05, 3.63) is 38.3 Å². The number of non-ortho nitro benzene ring substituents is 1. The minimum atomic E-state index is -0.391. The van der Waals surface area contributed by atoms with Crippen molar-refractivity contribution >= 4 is 21.6 Å². The van der Waals surface area contributed by atoms with Gasteiger partial charge in [0.15, 0.2) is 0 Å². The van der Waals surface area contributed by atoms with Crippen LogP contribution < -0.4 is 5.32 Å². The van der Waals surface area contributed by atoms with Crippen LogP contribution in [0.15, 0.2) is 22.7 Å². The average Bonchev–Trinajstić information content (AvgIpc) is 2.93. The van der Waals surface area contributed by atoms with Gasteiger partial charge in [-0.2, -0.15) is 0 Å². The molecule has 1 N–H and O–H groups in total. The standard InChI is InChI=1S/C14H19BrN2O3/c15-14-9-12(17(18)19)6-5-11(14)10-16-7-8-20-13-3-1-2-4-13/h5-6,9,13,16H,1-4,7-8,10H2. The zero-order chi connectivity index (χ0) is 14.4. The quantitative estimate of drug-likeness (QED) is 0.468. The number of nitrogens with zero attached hydrogens (tertiary/aromatic N) is 1. The van der Waals surface area contributed by atoms with Crippen molar-refractivity contribution in [3.8, 4) is 0 Å². The Morgan fingerprint density at radius 2 is 2.15 bits per heavy atom. The van der Waals surface area contributed by atoms with Gasteiger partial charge in [-0.1, -0.05) is 28.8 Å². The largest absolute Gasteiger partial charge is 0.377 e. The number of halogens is 1. The first-order valence-electron chi connectivity index (χ1n) is 6.92. The number of nitro benzene ring substituents is 1. The van der Waals surface area contributed by atoms with Gasteiger partial charge in [0.1, 0.15) is 0 Å². The summed E-state index contributed by atoms with van der Waals surface area (Å²) in [4.78, 5) is 10.3. The van der Waals surface area contributed by atoms with E-state index in [0.717, 1.165) is 23.2 Å². The van der Waals surface area contributed by atoms with Gasteiger partial charge < -0.3 is 10.1 Å². The van der Waals surface area contributed by atoms with Gasteiger partial charge in [0.25, 0.3) is 5.69 Å². The molecule has 0 unspecified atom stereocenters. The maximum Gasteiger partial charge on any atom is 0.270 e. The van der Waals surface area contributed by atoms with Crippen LogP contribution in [-0.2, 0) is 11.3 Å². The molecule has 6 heteroatoms. The zero-order valence-electron chi connectivity index (χ0n) is 11.3. The summed E-state index contributed by atoms with van der Waals surface area (Å²) in [6.07, 6.45) is 5.40. The fourth-order valence-electron chi connectivity index (χ4n) is 2.37. The molecule has 1 fully saturated rings. The molecule has 0 radical (unpaired) electrons. The Labute approximate surface area is 127 Å². The van der Waals surface area contributed by atoms with Crippen molar-refractivity contribution in [2.24, 2.45) is 0 Å². The van der Waals surface area contributed by atoms with E-state index < -0.39 is 4.92 Å². The molecule has 0 saturated heterocycles. The molecule has 110 valence electrons. The maximum atomic E-state index is 10.6. The average molecular weight is 343 g/mol. The molecule has 0 heterocycles.